The minimum atomic E-state index is 0.607. The van der Waals surface area contributed by atoms with E-state index in [1.165, 1.54) is 5.56 Å². The first-order chi connectivity index (χ1) is 15.1. The van der Waals surface area contributed by atoms with E-state index in [4.69, 9.17) is 9.72 Å². The number of fused-ring (bicyclic) bond motifs is 1. The predicted molar refractivity (Wildman–Crippen MR) is 133 cm³/mol. The molecule has 0 aliphatic rings. The third-order valence-electron chi connectivity index (χ3n) is 5.16. The Hall–Kier alpha value is -2.35. The number of aromatic nitrogens is 3. The topological polar surface area (TPSA) is 43.2 Å². The van der Waals surface area contributed by atoms with Gasteiger partial charge in [-0.2, -0.15) is 0 Å². The Morgan fingerprint density at radius 2 is 1.87 bits per heavy atom. The molecule has 0 aliphatic carbocycles. The number of hydrogen-bond acceptors (Lipinski definition) is 5. The molecule has 4 rings (SSSR count). The van der Waals surface area contributed by atoms with Gasteiger partial charge in [-0.1, -0.05) is 40.2 Å². The zero-order chi connectivity index (χ0) is 21.8. The summed E-state index contributed by atoms with van der Waals surface area (Å²) in [5.41, 5.74) is 5.19. The highest BCUT2D eigenvalue weighted by molar-refractivity contribution is 9.10. The fourth-order valence-electron chi connectivity index (χ4n) is 3.53. The molecule has 0 saturated carbocycles. The molecule has 4 aromatic rings. The molecule has 0 bridgehead atoms. The number of imidazole rings is 1. The fourth-order valence-corrected chi connectivity index (χ4v) is 4.45. The summed E-state index contributed by atoms with van der Waals surface area (Å²) in [5.74, 6) is 1.70. The van der Waals surface area contributed by atoms with Crippen molar-refractivity contribution in [3.8, 4) is 17.3 Å². The Kier molecular flexibility index (Phi) is 6.95. The number of benzene rings is 2. The first-order valence-corrected chi connectivity index (χ1v) is 12.1. The molecule has 2 aromatic carbocycles. The average molecular weight is 497 g/mol. The second-order valence-electron chi connectivity index (χ2n) is 7.40. The van der Waals surface area contributed by atoms with E-state index in [9.17, 15) is 0 Å². The average Bonchev–Trinajstić information content (AvgIpc) is 3.15. The largest absolute Gasteiger partial charge is 0.492 e. The number of likely N-dealkylation sites (N-methyl/N-ethyl adjacent to an activating group) is 1. The summed E-state index contributed by atoms with van der Waals surface area (Å²) >= 11 is 5.11. The lowest BCUT2D eigenvalue weighted by Crippen LogP contribution is -2.24. The molecular weight excluding hydrogens is 472 g/mol. The van der Waals surface area contributed by atoms with Gasteiger partial charge in [-0.05, 0) is 61.8 Å². The molecule has 5 nitrogen and oxygen atoms in total. The van der Waals surface area contributed by atoms with Gasteiger partial charge in [0.25, 0.3) is 0 Å². The number of ether oxygens (including phenoxy) is 1. The lowest BCUT2D eigenvalue weighted by atomic mass is 10.2. The highest BCUT2D eigenvalue weighted by Crippen LogP contribution is 2.32. The van der Waals surface area contributed by atoms with E-state index in [1.807, 2.05) is 31.2 Å². The predicted octanol–water partition coefficient (Wildman–Crippen LogP) is 5.81. The number of halogens is 1. The fraction of sp³-hybridized carbons (Fsp3) is 0.250. The molecule has 2 aromatic heterocycles. The van der Waals surface area contributed by atoms with E-state index in [2.05, 4.69) is 73.4 Å². The van der Waals surface area contributed by atoms with Crippen LogP contribution in [0.4, 0.5) is 0 Å². The van der Waals surface area contributed by atoms with Crippen LogP contribution in [0, 0.1) is 6.92 Å². The monoisotopic (exact) mass is 496 g/mol. The van der Waals surface area contributed by atoms with Crippen molar-refractivity contribution in [1.29, 1.82) is 0 Å². The standard InChI is InChI=1S/C24H25BrN4OS/c1-17-22(30-15-14-28(2)16-18-8-10-19(25)11-9-18)12-13-26-23(17)24-27-20-6-4-5-7-21(20)29(24)31-3/h4-13H,14-16H2,1-3H3. The maximum Gasteiger partial charge on any atom is 0.170 e. The molecule has 0 fully saturated rings. The molecule has 2 heterocycles. The van der Waals surface area contributed by atoms with Crippen LogP contribution >= 0.6 is 27.9 Å². The van der Waals surface area contributed by atoms with E-state index >= 15 is 0 Å². The number of hydrogen-bond donors (Lipinski definition) is 0. The summed E-state index contributed by atoms with van der Waals surface area (Å²) < 4.78 is 9.36. The van der Waals surface area contributed by atoms with E-state index in [-0.39, 0.29) is 0 Å². The van der Waals surface area contributed by atoms with Crippen LogP contribution in [0.3, 0.4) is 0 Å². The molecule has 0 amide bonds. The maximum atomic E-state index is 6.14. The van der Waals surface area contributed by atoms with E-state index in [0.717, 1.165) is 51.4 Å². The Morgan fingerprint density at radius 3 is 2.65 bits per heavy atom. The smallest absolute Gasteiger partial charge is 0.170 e. The summed E-state index contributed by atoms with van der Waals surface area (Å²) in [5, 5.41) is 0. The Balaban J connectivity index is 1.46. The highest BCUT2D eigenvalue weighted by Gasteiger charge is 2.17. The molecule has 0 unspecified atom stereocenters. The highest BCUT2D eigenvalue weighted by atomic mass is 79.9. The van der Waals surface area contributed by atoms with Crippen LogP contribution < -0.4 is 4.74 Å². The first kappa shape index (κ1) is 21.9. The second-order valence-corrected chi connectivity index (χ2v) is 9.04. The number of rotatable bonds is 8. The van der Waals surface area contributed by atoms with Crippen LogP contribution in [0.5, 0.6) is 5.75 Å². The lowest BCUT2D eigenvalue weighted by Gasteiger charge is -2.18. The minimum Gasteiger partial charge on any atom is -0.492 e. The van der Waals surface area contributed by atoms with Crippen molar-refractivity contribution in [2.75, 3.05) is 26.5 Å². The van der Waals surface area contributed by atoms with Gasteiger partial charge in [-0.25, -0.2) is 4.98 Å². The summed E-state index contributed by atoms with van der Waals surface area (Å²) in [6.45, 7) is 4.37. The lowest BCUT2D eigenvalue weighted by molar-refractivity contribution is 0.232. The van der Waals surface area contributed by atoms with Gasteiger partial charge >= 0.3 is 0 Å². The number of nitrogens with zero attached hydrogens (tertiary/aromatic N) is 4. The summed E-state index contributed by atoms with van der Waals surface area (Å²) in [6, 6.07) is 18.5. The molecule has 0 radical (unpaired) electrons. The number of para-hydroxylation sites is 2. The SMILES string of the molecule is CSn1c(-c2nccc(OCCN(C)Cc3ccc(Br)cc3)c2C)nc2ccccc21. The van der Waals surface area contributed by atoms with Gasteiger partial charge in [0.1, 0.15) is 18.1 Å². The van der Waals surface area contributed by atoms with Crippen molar-refractivity contribution in [1.82, 2.24) is 18.8 Å². The molecule has 160 valence electrons. The van der Waals surface area contributed by atoms with Crippen LogP contribution in [-0.2, 0) is 6.54 Å². The molecule has 7 heteroatoms. The summed E-state index contributed by atoms with van der Waals surface area (Å²) in [7, 11) is 2.11. The van der Waals surface area contributed by atoms with Gasteiger partial charge in [-0.15, -0.1) is 0 Å². The number of pyridine rings is 1. The second kappa shape index (κ2) is 9.85. The Morgan fingerprint density at radius 1 is 1.10 bits per heavy atom. The van der Waals surface area contributed by atoms with Crippen molar-refractivity contribution in [3.63, 3.8) is 0 Å². The van der Waals surface area contributed by atoms with Gasteiger partial charge in [0.2, 0.25) is 0 Å². The summed E-state index contributed by atoms with van der Waals surface area (Å²) in [4.78, 5) is 11.7. The Labute approximate surface area is 195 Å². The quantitative estimate of drug-likeness (QED) is 0.308. The van der Waals surface area contributed by atoms with Gasteiger partial charge < -0.3 is 4.74 Å². The van der Waals surface area contributed by atoms with Crippen molar-refractivity contribution in [3.05, 3.63) is 76.4 Å². The van der Waals surface area contributed by atoms with Crippen LogP contribution in [0.2, 0.25) is 0 Å². The minimum absolute atomic E-state index is 0.607. The van der Waals surface area contributed by atoms with Gasteiger partial charge in [0.15, 0.2) is 5.82 Å². The van der Waals surface area contributed by atoms with E-state index < -0.39 is 0 Å². The normalized spacial score (nSPS) is 11.4. The zero-order valence-electron chi connectivity index (χ0n) is 17.9. The molecule has 0 atom stereocenters. The molecule has 0 saturated heterocycles. The molecule has 31 heavy (non-hydrogen) atoms. The van der Waals surface area contributed by atoms with Gasteiger partial charge in [0.05, 0.1) is 11.0 Å². The first-order valence-electron chi connectivity index (χ1n) is 10.1. The van der Waals surface area contributed by atoms with Crippen molar-refractivity contribution < 1.29 is 4.74 Å². The van der Waals surface area contributed by atoms with Crippen molar-refractivity contribution in [2.45, 2.75) is 13.5 Å². The van der Waals surface area contributed by atoms with Crippen LogP contribution in [0.15, 0.2) is 65.3 Å². The van der Waals surface area contributed by atoms with Crippen molar-refractivity contribution >= 4 is 38.9 Å². The van der Waals surface area contributed by atoms with E-state index in [1.54, 1.807) is 18.1 Å². The molecule has 0 aliphatic heterocycles. The van der Waals surface area contributed by atoms with E-state index in [0.29, 0.717) is 6.61 Å². The zero-order valence-corrected chi connectivity index (χ0v) is 20.3. The molecular formula is C24H25BrN4OS. The Bertz CT molecular complexity index is 1180. The maximum absolute atomic E-state index is 6.14. The van der Waals surface area contributed by atoms with Gasteiger partial charge in [-0.3, -0.25) is 13.9 Å². The summed E-state index contributed by atoms with van der Waals surface area (Å²) in [6.07, 6.45) is 3.85. The van der Waals surface area contributed by atoms with Crippen LogP contribution in [0.1, 0.15) is 11.1 Å². The van der Waals surface area contributed by atoms with Crippen LogP contribution in [-0.4, -0.2) is 45.3 Å². The third-order valence-corrected chi connectivity index (χ3v) is 6.43. The van der Waals surface area contributed by atoms with Crippen LogP contribution in [0.25, 0.3) is 22.6 Å². The van der Waals surface area contributed by atoms with Gasteiger partial charge in [0, 0.05) is 35.6 Å². The van der Waals surface area contributed by atoms with Crippen molar-refractivity contribution in [2.24, 2.45) is 0 Å². The molecule has 0 N–H and O–H groups in total. The molecule has 0 spiro atoms. The third kappa shape index (κ3) is 4.95.